The number of carboxylic acids is 1. The van der Waals surface area contributed by atoms with Crippen LogP contribution >= 0.6 is 11.8 Å². The third kappa shape index (κ3) is 2.56. The first-order valence-electron chi connectivity index (χ1n) is 6.52. The standard InChI is InChI=1S/C14H15N3O2S/c1-9-4-2-3-5-11(9)17-13(10-6-7-10)15-16-14(17)20-8-12(18)19/h2-5,10H,6-8H2,1H3,(H,18,19). The zero-order valence-electron chi connectivity index (χ0n) is 11.1. The molecule has 0 atom stereocenters. The molecule has 104 valence electrons. The molecule has 0 radical (unpaired) electrons. The van der Waals surface area contributed by atoms with Gasteiger partial charge in [0.25, 0.3) is 0 Å². The Morgan fingerprint density at radius 1 is 1.40 bits per heavy atom. The molecular formula is C14H15N3O2S. The molecule has 0 unspecified atom stereocenters. The van der Waals surface area contributed by atoms with Crippen LogP contribution in [0.4, 0.5) is 0 Å². The molecule has 0 spiro atoms. The quantitative estimate of drug-likeness (QED) is 0.857. The van der Waals surface area contributed by atoms with E-state index >= 15 is 0 Å². The van der Waals surface area contributed by atoms with Gasteiger partial charge in [-0.15, -0.1) is 10.2 Å². The van der Waals surface area contributed by atoms with Gasteiger partial charge < -0.3 is 5.11 Å². The maximum absolute atomic E-state index is 10.8. The number of thioether (sulfide) groups is 1. The molecule has 1 fully saturated rings. The SMILES string of the molecule is Cc1ccccc1-n1c(SCC(=O)O)nnc1C1CC1. The number of aromatic nitrogens is 3. The summed E-state index contributed by atoms with van der Waals surface area (Å²) in [6.45, 7) is 2.04. The number of carboxylic acid groups (broad SMARTS) is 1. The number of nitrogens with zero attached hydrogens (tertiary/aromatic N) is 3. The Balaban J connectivity index is 2.03. The van der Waals surface area contributed by atoms with Crippen LogP contribution in [0.2, 0.25) is 0 Å². The van der Waals surface area contributed by atoms with E-state index in [1.54, 1.807) is 0 Å². The molecule has 5 nitrogen and oxygen atoms in total. The summed E-state index contributed by atoms with van der Waals surface area (Å²) in [7, 11) is 0. The predicted molar refractivity (Wildman–Crippen MR) is 76.4 cm³/mol. The maximum atomic E-state index is 10.8. The van der Waals surface area contributed by atoms with Crippen LogP contribution in [-0.2, 0) is 4.79 Å². The molecule has 20 heavy (non-hydrogen) atoms. The van der Waals surface area contributed by atoms with Crippen molar-refractivity contribution in [1.29, 1.82) is 0 Å². The molecule has 0 saturated heterocycles. The van der Waals surface area contributed by atoms with Crippen LogP contribution in [0.1, 0.15) is 30.1 Å². The van der Waals surface area contributed by atoms with E-state index in [-0.39, 0.29) is 5.75 Å². The van der Waals surface area contributed by atoms with Crippen molar-refractivity contribution >= 4 is 17.7 Å². The molecule has 3 rings (SSSR count). The molecule has 1 aliphatic rings. The van der Waals surface area contributed by atoms with Gasteiger partial charge in [0.2, 0.25) is 0 Å². The lowest BCUT2D eigenvalue weighted by molar-refractivity contribution is -0.133. The van der Waals surface area contributed by atoms with Crippen LogP contribution in [0.3, 0.4) is 0 Å². The summed E-state index contributed by atoms with van der Waals surface area (Å²) in [6.07, 6.45) is 2.27. The van der Waals surface area contributed by atoms with Crippen molar-refractivity contribution in [3.8, 4) is 5.69 Å². The van der Waals surface area contributed by atoms with Crippen LogP contribution in [0, 0.1) is 6.92 Å². The van der Waals surface area contributed by atoms with E-state index in [0.29, 0.717) is 11.1 Å². The molecule has 0 amide bonds. The van der Waals surface area contributed by atoms with E-state index in [4.69, 9.17) is 5.11 Å². The highest BCUT2D eigenvalue weighted by Crippen LogP contribution is 2.41. The largest absolute Gasteiger partial charge is 0.481 e. The number of aryl methyl sites for hydroxylation is 1. The predicted octanol–water partition coefficient (Wildman–Crippen LogP) is 2.63. The summed E-state index contributed by atoms with van der Waals surface area (Å²) in [5.74, 6) is 0.560. The number of hydrogen-bond donors (Lipinski definition) is 1. The third-order valence-electron chi connectivity index (χ3n) is 3.28. The molecule has 1 aromatic heterocycles. The van der Waals surface area contributed by atoms with Gasteiger partial charge in [-0.3, -0.25) is 9.36 Å². The van der Waals surface area contributed by atoms with Crippen LogP contribution in [0.5, 0.6) is 0 Å². The van der Waals surface area contributed by atoms with E-state index in [0.717, 1.165) is 29.9 Å². The van der Waals surface area contributed by atoms with Crippen molar-refractivity contribution in [3.63, 3.8) is 0 Å². The average molecular weight is 289 g/mol. The fourth-order valence-electron chi connectivity index (χ4n) is 2.15. The van der Waals surface area contributed by atoms with E-state index in [9.17, 15) is 4.79 Å². The lowest BCUT2D eigenvalue weighted by Gasteiger charge is -2.11. The average Bonchev–Trinajstić information content (AvgIpc) is 3.18. The molecule has 0 aliphatic heterocycles. The van der Waals surface area contributed by atoms with Gasteiger partial charge >= 0.3 is 5.97 Å². The van der Waals surface area contributed by atoms with Crippen molar-refractivity contribution in [2.24, 2.45) is 0 Å². The van der Waals surface area contributed by atoms with Crippen molar-refractivity contribution in [2.75, 3.05) is 5.75 Å². The zero-order chi connectivity index (χ0) is 14.1. The lowest BCUT2D eigenvalue weighted by Crippen LogP contribution is -2.05. The first kappa shape index (κ1) is 13.2. The van der Waals surface area contributed by atoms with Crippen molar-refractivity contribution in [2.45, 2.75) is 30.8 Å². The van der Waals surface area contributed by atoms with E-state index in [1.165, 1.54) is 11.8 Å². The minimum atomic E-state index is -0.845. The highest BCUT2D eigenvalue weighted by atomic mass is 32.2. The Bertz CT molecular complexity index is 650. The van der Waals surface area contributed by atoms with Crippen LogP contribution < -0.4 is 0 Å². The molecule has 0 bridgehead atoms. The Labute approximate surface area is 121 Å². The van der Waals surface area contributed by atoms with Gasteiger partial charge in [0.15, 0.2) is 5.16 Å². The summed E-state index contributed by atoms with van der Waals surface area (Å²) in [4.78, 5) is 10.8. The number of para-hydroxylation sites is 1. The van der Waals surface area contributed by atoms with Gasteiger partial charge in [-0.25, -0.2) is 0 Å². The molecule has 1 aliphatic carbocycles. The fourth-order valence-corrected chi connectivity index (χ4v) is 2.82. The first-order chi connectivity index (χ1) is 9.66. The number of aliphatic carboxylic acids is 1. The molecule has 1 aromatic carbocycles. The summed E-state index contributed by atoms with van der Waals surface area (Å²) in [5.41, 5.74) is 2.17. The summed E-state index contributed by atoms with van der Waals surface area (Å²) >= 11 is 1.21. The Morgan fingerprint density at radius 3 is 2.80 bits per heavy atom. The fraction of sp³-hybridized carbons (Fsp3) is 0.357. The molecule has 2 aromatic rings. The number of carbonyl (C=O) groups is 1. The van der Waals surface area contributed by atoms with Gasteiger partial charge in [0.1, 0.15) is 5.82 Å². The minimum Gasteiger partial charge on any atom is -0.481 e. The number of benzene rings is 1. The topological polar surface area (TPSA) is 68.0 Å². The normalized spacial score (nSPS) is 14.4. The zero-order valence-corrected chi connectivity index (χ0v) is 11.9. The maximum Gasteiger partial charge on any atom is 0.313 e. The first-order valence-corrected chi connectivity index (χ1v) is 7.51. The monoisotopic (exact) mass is 289 g/mol. The van der Waals surface area contributed by atoms with Gasteiger partial charge in [-0.05, 0) is 31.4 Å². The Kier molecular flexibility index (Phi) is 3.48. The lowest BCUT2D eigenvalue weighted by atomic mass is 10.2. The molecule has 1 saturated carbocycles. The summed E-state index contributed by atoms with van der Waals surface area (Å²) in [6, 6.07) is 8.03. The molecule has 1 heterocycles. The minimum absolute atomic E-state index is 0.00528. The smallest absolute Gasteiger partial charge is 0.313 e. The van der Waals surface area contributed by atoms with Crippen LogP contribution in [-0.4, -0.2) is 31.6 Å². The Morgan fingerprint density at radius 2 is 2.15 bits per heavy atom. The summed E-state index contributed by atoms with van der Waals surface area (Å²) < 4.78 is 2.01. The van der Waals surface area contributed by atoms with Gasteiger partial charge in [-0.1, -0.05) is 30.0 Å². The number of rotatable bonds is 5. The molecular weight excluding hydrogens is 274 g/mol. The second kappa shape index (κ2) is 5.28. The molecule has 6 heteroatoms. The highest BCUT2D eigenvalue weighted by molar-refractivity contribution is 7.99. The van der Waals surface area contributed by atoms with Gasteiger partial charge in [-0.2, -0.15) is 0 Å². The Hall–Kier alpha value is -1.82. The van der Waals surface area contributed by atoms with E-state index in [1.807, 2.05) is 35.8 Å². The van der Waals surface area contributed by atoms with Crippen LogP contribution in [0.15, 0.2) is 29.4 Å². The van der Waals surface area contributed by atoms with Gasteiger partial charge in [0, 0.05) is 5.92 Å². The van der Waals surface area contributed by atoms with Crippen molar-refractivity contribution < 1.29 is 9.90 Å². The van der Waals surface area contributed by atoms with E-state index < -0.39 is 5.97 Å². The van der Waals surface area contributed by atoms with Gasteiger partial charge in [0.05, 0.1) is 11.4 Å². The van der Waals surface area contributed by atoms with Crippen LogP contribution in [0.25, 0.3) is 5.69 Å². The van der Waals surface area contributed by atoms with Crippen molar-refractivity contribution in [1.82, 2.24) is 14.8 Å². The third-order valence-corrected chi connectivity index (χ3v) is 4.20. The summed E-state index contributed by atoms with van der Waals surface area (Å²) in [5, 5.41) is 17.9. The molecule has 1 N–H and O–H groups in total. The van der Waals surface area contributed by atoms with Crippen molar-refractivity contribution in [3.05, 3.63) is 35.7 Å². The highest BCUT2D eigenvalue weighted by Gasteiger charge is 2.31. The van der Waals surface area contributed by atoms with E-state index in [2.05, 4.69) is 10.2 Å². The second-order valence-electron chi connectivity index (χ2n) is 4.92. The number of hydrogen-bond acceptors (Lipinski definition) is 4. The second-order valence-corrected chi connectivity index (χ2v) is 5.86.